The van der Waals surface area contributed by atoms with Crippen molar-refractivity contribution in [2.75, 3.05) is 31.5 Å². The number of amides is 2. The molecule has 2 heterocycles. The largest absolute Gasteiger partial charge is 0.341 e. The first-order chi connectivity index (χ1) is 15.2. The molecule has 2 amide bonds. The average molecular weight is 413 g/mol. The van der Waals surface area contributed by atoms with Gasteiger partial charge in [-0.2, -0.15) is 0 Å². The van der Waals surface area contributed by atoms with Crippen LogP contribution in [0.3, 0.4) is 0 Å². The predicted molar refractivity (Wildman–Crippen MR) is 127 cm³/mol. The van der Waals surface area contributed by atoms with Crippen LogP contribution in [0.2, 0.25) is 0 Å². The number of nitrogens with one attached hydrogen (secondary N) is 1. The van der Waals surface area contributed by atoms with Crippen molar-refractivity contribution in [2.24, 2.45) is 0 Å². The summed E-state index contributed by atoms with van der Waals surface area (Å²) < 4.78 is 2.39. The lowest BCUT2D eigenvalue weighted by atomic mass is 10.1. The molecule has 158 valence electrons. The van der Waals surface area contributed by atoms with Crippen LogP contribution in [0.15, 0.2) is 72.8 Å². The molecule has 0 bridgehead atoms. The summed E-state index contributed by atoms with van der Waals surface area (Å²) in [6.45, 7) is 7.35. The number of carbonyl (C=O) groups is 1. The van der Waals surface area contributed by atoms with E-state index < -0.39 is 0 Å². The molecular weight excluding hydrogens is 384 g/mol. The van der Waals surface area contributed by atoms with Crippen LogP contribution in [0.5, 0.6) is 0 Å². The number of benzene rings is 3. The third kappa shape index (κ3) is 3.89. The Labute approximate surface area is 182 Å². The Hall–Kier alpha value is -3.31. The van der Waals surface area contributed by atoms with Gasteiger partial charge in [0.15, 0.2) is 0 Å². The molecule has 5 heteroatoms. The van der Waals surface area contributed by atoms with Crippen molar-refractivity contribution in [1.82, 2.24) is 14.4 Å². The summed E-state index contributed by atoms with van der Waals surface area (Å²) in [5.41, 5.74) is 4.77. The number of para-hydroxylation sites is 2. The molecule has 0 unspecified atom stereocenters. The van der Waals surface area contributed by atoms with Gasteiger partial charge in [0.25, 0.3) is 0 Å². The van der Waals surface area contributed by atoms with E-state index in [1.165, 1.54) is 27.4 Å². The molecular formula is C26H28N4O. The summed E-state index contributed by atoms with van der Waals surface area (Å²) in [7, 11) is 0. The average Bonchev–Trinajstić information content (AvgIpc) is 3.13. The molecule has 1 aliphatic heterocycles. The molecule has 1 fully saturated rings. The number of aryl methyl sites for hydroxylation is 1. The Bertz CT molecular complexity index is 1210. The van der Waals surface area contributed by atoms with Crippen molar-refractivity contribution < 1.29 is 4.79 Å². The van der Waals surface area contributed by atoms with Gasteiger partial charge in [0.1, 0.15) is 0 Å². The van der Waals surface area contributed by atoms with Crippen LogP contribution in [0.4, 0.5) is 10.5 Å². The Balaban J connectivity index is 1.26. The summed E-state index contributed by atoms with van der Waals surface area (Å²) >= 11 is 0. The van der Waals surface area contributed by atoms with E-state index in [4.69, 9.17) is 0 Å². The highest BCUT2D eigenvalue weighted by Crippen LogP contribution is 2.30. The van der Waals surface area contributed by atoms with Gasteiger partial charge in [-0.05, 0) is 42.8 Å². The summed E-state index contributed by atoms with van der Waals surface area (Å²) in [6, 6.07) is 25.2. The number of urea groups is 1. The number of hydrogen-bond acceptors (Lipinski definition) is 2. The maximum absolute atomic E-state index is 12.5. The molecule has 0 radical (unpaired) electrons. The maximum Gasteiger partial charge on any atom is 0.321 e. The van der Waals surface area contributed by atoms with Crippen LogP contribution in [0.1, 0.15) is 12.5 Å². The number of anilines is 1. The van der Waals surface area contributed by atoms with Gasteiger partial charge < -0.3 is 14.8 Å². The highest BCUT2D eigenvalue weighted by Gasteiger charge is 2.21. The minimum atomic E-state index is -0.0142. The lowest BCUT2D eigenvalue weighted by Gasteiger charge is -2.34. The zero-order valence-electron chi connectivity index (χ0n) is 17.9. The monoisotopic (exact) mass is 412 g/mol. The predicted octanol–water partition coefficient (Wildman–Crippen LogP) is 5.16. The van der Waals surface area contributed by atoms with Crippen LogP contribution in [-0.4, -0.2) is 46.6 Å². The third-order valence-corrected chi connectivity index (χ3v) is 6.24. The molecule has 3 aromatic carbocycles. The van der Waals surface area contributed by atoms with E-state index in [1.807, 2.05) is 35.2 Å². The Morgan fingerprint density at radius 3 is 2.32 bits per heavy atom. The Morgan fingerprint density at radius 1 is 0.839 bits per heavy atom. The minimum absolute atomic E-state index is 0.0142. The summed E-state index contributed by atoms with van der Waals surface area (Å²) in [4.78, 5) is 16.9. The van der Waals surface area contributed by atoms with Crippen molar-refractivity contribution in [2.45, 2.75) is 20.0 Å². The van der Waals surface area contributed by atoms with Crippen molar-refractivity contribution in [3.8, 4) is 0 Å². The van der Waals surface area contributed by atoms with E-state index in [2.05, 4.69) is 64.2 Å². The molecule has 5 rings (SSSR count). The van der Waals surface area contributed by atoms with E-state index in [0.29, 0.717) is 0 Å². The second-order valence-electron chi connectivity index (χ2n) is 8.17. The van der Waals surface area contributed by atoms with Gasteiger partial charge in [-0.1, -0.05) is 42.5 Å². The van der Waals surface area contributed by atoms with Gasteiger partial charge in [0.05, 0.1) is 0 Å². The molecule has 0 aliphatic carbocycles. The topological polar surface area (TPSA) is 40.5 Å². The highest BCUT2D eigenvalue weighted by molar-refractivity contribution is 6.08. The van der Waals surface area contributed by atoms with Crippen molar-refractivity contribution >= 4 is 33.5 Å². The van der Waals surface area contributed by atoms with Gasteiger partial charge in [0, 0.05) is 66.8 Å². The molecule has 4 aromatic rings. The van der Waals surface area contributed by atoms with Gasteiger partial charge in [-0.25, -0.2) is 4.79 Å². The molecule has 31 heavy (non-hydrogen) atoms. The Kier molecular flexibility index (Phi) is 5.35. The van der Waals surface area contributed by atoms with Crippen molar-refractivity contribution in [1.29, 1.82) is 0 Å². The number of piperazine rings is 1. The fourth-order valence-electron chi connectivity index (χ4n) is 4.63. The fourth-order valence-corrected chi connectivity index (χ4v) is 4.63. The van der Waals surface area contributed by atoms with E-state index >= 15 is 0 Å². The molecule has 1 saturated heterocycles. The zero-order valence-corrected chi connectivity index (χ0v) is 17.9. The molecule has 0 atom stereocenters. The molecule has 1 N–H and O–H groups in total. The fraction of sp³-hybridized carbons (Fsp3) is 0.269. The smallest absolute Gasteiger partial charge is 0.321 e. The number of carbonyl (C=O) groups excluding carboxylic acids is 1. The van der Waals surface area contributed by atoms with Crippen LogP contribution in [0, 0.1) is 0 Å². The van der Waals surface area contributed by atoms with Crippen LogP contribution in [0.25, 0.3) is 21.8 Å². The van der Waals surface area contributed by atoms with Crippen LogP contribution >= 0.6 is 0 Å². The van der Waals surface area contributed by atoms with Crippen molar-refractivity contribution in [3.05, 3.63) is 78.4 Å². The summed E-state index contributed by atoms with van der Waals surface area (Å²) in [6.07, 6.45) is 0. The van der Waals surface area contributed by atoms with E-state index in [1.54, 1.807) is 0 Å². The molecule has 1 aliphatic rings. The molecule has 1 aromatic heterocycles. The Morgan fingerprint density at radius 2 is 1.55 bits per heavy atom. The van der Waals surface area contributed by atoms with Crippen LogP contribution in [-0.2, 0) is 13.1 Å². The number of fused-ring (bicyclic) bond motifs is 3. The number of rotatable bonds is 4. The lowest BCUT2D eigenvalue weighted by Crippen LogP contribution is -2.49. The van der Waals surface area contributed by atoms with Crippen molar-refractivity contribution in [3.63, 3.8) is 0 Å². The molecule has 0 saturated carbocycles. The minimum Gasteiger partial charge on any atom is -0.341 e. The first kappa shape index (κ1) is 19.6. The second-order valence-corrected chi connectivity index (χ2v) is 8.17. The SMILES string of the molecule is CCn1c2ccccc2c2cc(CN3CCN(C(=O)Nc4ccccc4)CC3)ccc21. The van der Waals surface area contributed by atoms with Gasteiger partial charge in [-0.15, -0.1) is 0 Å². The zero-order chi connectivity index (χ0) is 21.2. The first-order valence-corrected chi connectivity index (χ1v) is 11.1. The maximum atomic E-state index is 12.5. The summed E-state index contributed by atoms with van der Waals surface area (Å²) in [5, 5.41) is 5.64. The number of hydrogen-bond donors (Lipinski definition) is 1. The lowest BCUT2D eigenvalue weighted by molar-refractivity contribution is 0.143. The highest BCUT2D eigenvalue weighted by atomic mass is 16.2. The summed E-state index contributed by atoms with van der Waals surface area (Å²) in [5.74, 6) is 0. The quantitative estimate of drug-likeness (QED) is 0.503. The van der Waals surface area contributed by atoms with Gasteiger partial charge in [-0.3, -0.25) is 4.90 Å². The molecule has 0 spiro atoms. The van der Waals surface area contributed by atoms with Gasteiger partial charge in [0.2, 0.25) is 0 Å². The molecule has 5 nitrogen and oxygen atoms in total. The normalized spacial score (nSPS) is 14.9. The van der Waals surface area contributed by atoms with E-state index in [-0.39, 0.29) is 6.03 Å². The second kappa shape index (κ2) is 8.44. The van der Waals surface area contributed by atoms with Crippen LogP contribution < -0.4 is 5.32 Å². The third-order valence-electron chi connectivity index (χ3n) is 6.24. The number of nitrogens with zero attached hydrogens (tertiary/aromatic N) is 3. The van der Waals surface area contributed by atoms with E-state index in [9.17, 15) is 4.79 Å². The van der Waals surface area contributed by atoms with Gasteiger partial charge >= 0.3 is 6.03 Å². The standard InChI is InChI=1S/C26H28N4O/c1-2-30-24-11-7-6-10-22(24)23-18-20(12-13-25(23)30)19-28-14-16-29(17-15-28)26(31)27-21-8-4-3-5-9-21/h3-13,18H,2,14-17,19H2,1H3,(H,27,31). The first-order valence-electron chi connectivity index (χ1n) is 11.1. The van der Waals surface area contributed by atoms with E-state index in [0.717, 1.165) is 45.0 Å². The number of aromatic nitrogens is 1.